The van der Waals surface area contributed by atoms with Crippen LogP contribution in [0.1, 0.15) is 17.1 Å². The van der Waals surface area contributed by atoms with E-state index in [0.717, 1.165) is 17.1 Å². The molecular weight excluding hydrogens is 239 g/mol. The number of aryl methyl sites for hydroxylation is 3. The highest BCUT2D eigenvalue weighted by Crippen LogP contribution is 2.08. The summed E-state index contributed by atoms with van der Waals surface area (Å²) >= 11 is 0. The molecule has 0 N–H and O–H groups in total. The fraction of sp³-hybridized carbons (Fsp3) is 0.250. The van der Waals surface area contributed by atoms with E-state index in [-0.39, 0.29) is 7.12 Å². The standard InChI is InChI=1S/C12H15BN6/c1-10-4-7-14-17(10)13(18-11(2)5-8-15-18)19-12(3)6-9-16-19/h4-9H,1-3H3. The van der Waals surface area contributed by atoms with E-state index in [9.17, 15) is 0 Å². The average molecular weight is 254 g/mol. The van der Waals surface area contributed by atoms with E-state index < -0.39 is 0 Å². The molecule has 3 aromatic rings. The molecule has 3 rings (SSSR count). The SMILES string of the molecule is Cc1ccnn1B(n1nccc1C)n1nccc1C. The van der Waals surface area contributed by atoms with Crippen LogP contribution in [0.4, 0.5) is 0 Å². The van der Waals surface area contributed by atoms with Gasteiger partial charge in [0, 0.05) is 35.7 Å². The molecule has 0 aliphatic carbocycles. The minimum Gasteiger partial charge on any atom is -0.266 e. The second-order valence-corrected chi connectivity index (χ2v) is 4.60. The minimum atomic E-state index is -0.208. The molecule has 96 valence electrons. The summed E-state index contributed by atoms with van der Waals surface area (Å²) in [6.07, 6.45) is 5.38. The van der Waals surface area contributed by atoms with Gasteiger partial charge in [-0.05, 0) is 39.0 Å². The number of rotatable bonds is 3. The first kappa shape index (κ1) is 11.8. The van der Waals surface area contributed by atoms with E-state index in [1.54, 1.807) is 18.6 Å². The summed E-state index contributed by atoms with van der Waals surface area (Å²) in [5.74, 6) is 0. The molecule has 3 aromatic heterocycles. The Labute approximate surface area is 111 Å². The largest absolute Gasteiger partial charge is 0.569 e. The summed E-state index contributed by atoms with van der Waals surface area (Å²) in [4.78, 5) is 0. The van der Waals surface area contributed by atoms with Crippen LogP contribution in [0.5, 0.6) is 0 Å². The lowest BCUT2D eigenvalue weighted by molar-refractivity contribution is 0.740. The highest BCUT2D eigenvalue weighted by Gasteiger charge is 2.30. The molecule has 0 atom stereocenters. The van der Waals surface area contributed by atoms with Gasteiger partial charge in [-0.15, -0.1) is 0 Å². The first-order chi connectivity index (χ1) is 9.18. The molecule has 0 bridgehead atoms. The van der Waals surface area contributed by atoms with Crippen molar-refractivity contribution < 1.29 is 0 Å². The molecule has 3 heterocycles. The molecule has 0 fully saturated rings. The van der Waals surface area contributed by atoms with Crippen molar-refractivity contribution in [3.63, 3.8) is 0 Å². The third kappa shape index (κ3) is 1.87. The van der Waals surface area contributed by atoms with Crippen LogP contribution in [0.25, 0.3) is 0 Å². The lowest BCUT2D eigenvalue weighted by atomic mass is 9.93. The van der Waals surface area contributed by atoms with Crippen LogP contribution in [0.15, 0.2) is 36.8 Å². The van der Waals surface area contributed by atoms with Crippen LogP contribution in [-0.4, -0.2) is 36.2 Å². The summed E-state index contributed by atoms with van der Waals surface area (Å²) < 4.78 is 5.75. The third-order valence-electron chi connectivity index (χ3n) is 3.26. The number of hydrogen-bond donors (Lipinski definition) is 0. The predicted molar refractivity (Wildman–Crippen MR) is 72.8 cm³/mol. The predicted octanol–water partition coefficient (Wildman–Crippen LogP) is 1.13. The monoisotopic (exact) mass is 254 g/mol. The van der Waals surface area contributed by atoms with Gasteiger partial charge in [0.15, 0.2) is 0 Å². The molecule has 0 aliphatic rings. The Bertz CT molecular complexity index is 599. The minimum absolute atomic E-state index is 0.208. The van der Waals surface area contributed by atoms with Crippen molar-refractivity contribution >= 4 is 7.12 Å². The van der Waals surface area contributed by atoms with Gasteiger partial charge in [0.25, 0.3) is 0 Å². The lowest BCUT2D eigenvalue weighted by Gasteiger charge is -2.18. The number of hydrogen-bond acceptors (Lipinski definition) is 3. The van der Waals surface area contributed by atoms with Crippen LogP contribution in [0.2, 0.25) is 0 Å². The van der Waals surface area contributed by atoms with Gasteiger partial charge in [0.2, 0.25) is 0 Å². The molecule has 19 heavy (non-hydrogen) atoms. The van der Waals surface area contributed by atoms with Crippen LogP contribution in [-0.2, 0) is 0 Å². The van der Waals surface area contributed by atoms with Gasteiger partial charge >= 0.3 is 7.12 Å². The summed E-state index contributed by atoms with van der Waals surface area (Å²) in [6, 6.07) is 5.93. The van der Waals surface area contributed by atoms with E-state index >= 15 is 0 Å². The third-order valence-corrected chi connectivity index (χ3v) is 3.26. The van der Waals surface area contributed by atoms with Gasteiger partial charge in [-0.3, -0.25) is 13.8 Å². The molecule has 0 aromatic carbocycles. The first-order valence-electron chi connectivity index (χ1n) is 6.19. The maximum atomic E-state index is 4.41. The van der Waals surface area contributed by atoms with Crippen molar-refractivity contribution in [3.05, 3.63) is 53.9 Å². The Balaban J connectivity index is 2.20. The van der Waals surface area contributed by atoms with Gasteiger partial charge in [-0.25, -0.2) is 0 Å². The average Bonchev–Trinajstić information content (AvgIpc) is 3.07. The molecule has 0 saturated carbocycles. The van der Waals surface area contributed by atoms with E-state index in [4.69, 9.17) is 0 Å². The van der Waals surface area contributed by atoms with E-state index in [1.807, 2.05) is 52.7 Å². The van der Waals surface area contributed by atoms with Crippen molar-refractivity contribution in [2.24, 2.45) is 0 Å². The quantitative estimate of drug-likeness (QED) is 0.658. The fourth-order valence-electron chi connectivity index (χ4n) is 2.18. The van der Waals surface area contributed by atoms with E-state index in [0.29, 0.717) is 0 Å². The zero-order valence-corrected chi connectivity index (χ0v) is 11.2. The van der Waals surface area contributed by atoms with Crippen LogP contribution >= 0.6 is 0 Å². The van der Waals surface area contributed by atoms with Crippen molar-refractivity contribution in [2.45, 2.75) is 20.8 Å². The normalized spacial score (nSPS) is 10.9. The molecule has 0 spiro atoms. The van der Waals surface area contributed by atoms with Gasteiger partial charge in [-0.2, -0.15) is 15.3 Å². The van der Waals surface area contributed by atoms with Crippen molar-refractivity contribution in [1.29, 1.82) is 0 Å². The van der Waals surface area contributed by atoms with Crippen molar-refractivity contribution in [3.8, 4) is 0 Å². The van der Waals surface area contributed by atoms with Gasteiger partial charge in [0.1, 0.15) is 0 Å². The molecule has 7 heteroatoms. The first-order valence-corrected chi connectivity index (χ1v) is 6.19. The summed E-state index contributed by atoms with van der Waals surface area (Å²) in [7, 11) is -0.208. The highest BCUT2D eigenvalue weighted by molar-refractivity contribution is 6.53. The van der Waals surface area contributed by atoms with Gasteiger partial charge < -0.3 is 0 Å². The van der Waals surface area contributed by atoms with Gasteiger partial charge in [0.05, 0.1) is 0 Å². The molecule has 0 unspecified atom stereocenters. The lowest BCUT2D eigenvalue weighted by Crippen LogP contribution is -2.45. The maximum absolute atomic E-state index is 4.41. The Kier molecular flexibility index (Phi) is 2.74. The molecule has 0 saturated heterocycles. The summed E-state index contributed by atoms with van der Waals surface area (Å²) in [6.45, 7) is 6.08. The summed E-state index contributed by atoms with van der Waals surface area (Å²) in [5, 5.41) is 13.2. The maximum Gasteiger partial charge on any atom is 0.569 e. The smallest absolute Gasteiger partial charge is 0.266 e. The summed E-state index contributed by atoms with van der Waals surface area (Å²) in [5.41, 5.74) is 3.19. The zero-order valence-electron chi connectivity index (χ0n) is 11.2. The molecule has 0 aliphatic heterocycles. The van der Waals surface area contributed by atoms with Crippen LogP contribution in [0, 0.1) is 20.8 Å². The molecule has 0 radical (unpaired) electrons. The Morgan fingerprint density at radius 1 is 0.684 bits per heavy atom. The molecular formula is C12H15BN6. The molecule has 6 nitrogen and oxygen atoms in total. The fourth-order valence-corrected chi connectivity index (χ4v) is 2.18. The Hall–Kier alpha value is -2.31. The van der Waals surface area contributed by atoms with E-state index in [1.165, 1.54) is 0 Å². The highest BCUT2D eigenvalue weighted by atomic mass is 15.5. The second kappa shape index (κ2) is 4.42. The molecule has 0 amide bonds. The van der Waals surface area contributed by atoms with Gasteiger partial charge in [-0.1, -0.05) is 0 Å². The van der Waals surface area contributed by atoms with Crippen molar-refractivity contribution in [2.75, 3.05) is 0 Å². The Morgan fingerprint density at radius 2 is 1.00 bits per heavy atom. The topological polar surface area (TPSA) is 53.5 Å². The zero-order chi connectivity index (χ0) is 13.4. The Morgan fingerprint density at radius 3 is 1.21 bits per heavy atom. The van der Waals surface area contributed by atoms with Crippen LogP contribution in [0.3, 0.4) is 0 Å². The number of nitrogens with zero attached hydrogens (tertiary/aromatic N) is 6. The number of aromatic nitrogens is 6. The van der Waals surface area contributed by atoms with E-state index in [2.05, 4.69) is 15.3 Å². The van der Waals surface area contributed by atoms with Crippen LogP contribution < -0.4 is 0 Å². The van der Waals surface area contributed by atoms with Crippen molar-refractivity contribution in [1.82, 2.24) is 29.1 Å². The second-order valence-electron chi connectivity index (χ2n) is 4.60.